The molecule has 1 N–H and O–H groups in total. The molecule has 1 amide bonds. The Balaban J connectivity index is 1.72. The van der Waals surface area contributed by atoms with Gasteiger partial charge in [0.25, 0.3) is 0 Å². The predicted octanol–water partition coefficient (Wildman–Crippen LogP) is 2.91. The van der Waals surface area contributed by atoms with E-state index in [2.05, 4.69) is 10.3 Å². The van der Waals surface area contributed by atoms with Gasteiger partial charge in [0.1, 0.15) is 18.0 Å². The van der Waals surface area contributed by atoms with Crippen molar-refractivity contribution in [3.63, 3.8) is 0 Å². The molecule has 0 unspecified atom stereocenters. The van der Waals surface area contributed by atoms with Gasteiger partial charge in [-0.15, -0.1) is 0 Å². The van der Waals surface area contributed by atoms with Crippen molar-refractivity contribution in [3.05, 3.63) is 89.1 Å². The van der Waals surface area contributed by atoms with Crippen LogP contribution in [0.3, 0.4) is 0 Å². The molecule has 1 heterocycles. The number of nitrogens with zero attached hydrogens (tertiary/aromatic N) is 2. The van der Waals surface area contributed by atoms with Crippen molar-refractivity contribution < 1.29 is 9.53 Å². The number of nitrogens with one attached hydrogen (secondary N) is 1. The number of aromatic nitrogens is 2. The summed E-state index contributed by atoms with van der Waals surface area (Å²) in [6.45, 7) is 1.79. The Morgan fingerprint density at radius 1 is 1.12 bits per heavy atom. The summed E-state index contributed by atoms with van der Waals surface area (Å²) in [7, 11) is 0. The molecule has 0 bridgehead atoms. The average molecular weight is 349 g/mol. The first-order valence-corrected chi connectivity index (χ1v) is 8.26. The molecule has 0 fully saturated rings. The summed E-state index contributed by atoms with van der Waals surface area (Å²) in [6.07, 6.45) is 2.93. The summed E-state index contributed by atoms with van der Waals surface area (Å²) in [5.74, 6) is 1.12. The first-order valence-electron chi connectivity index (χ1n) is 8.26. The second-order valence-corrected chi connectivity index (χ2v) is 5.77. The molecule has 0 aliphatic rings. The Kier molecular flexibility index (Phi) is 5.43. The lowest BCUT2D eigenvalue weighted by molar-refractivity contribution is -0.122. The minimum atomic E-state index is -0.455. The minimum absolute atomic E-state index is 0.0846. The van der Waals surface area contributed by atoms with Crippen LogP contribution in [0.15, 0.2) is 77.9 Å². The summed E-state index contributed by atoms with van der Waals surface area (Å²) >= 11 is 0. The molecule has 0 radical (unpaired) electrons. The number of para-hydroxylation sites is 2. The van der Waals surface area contributed by atoms with Crippen LogP contribution in [0.25, 0.3) is 0 Å². The molecule has 3 rings (SSSR count). The molecule has 0 aliphatic heterocycles. The van der Waals surface area contributed by atoms with E-state index < -0.39 is 5.69 Å². The molecule has 0 saturated heterocycles. The van der Waals surface area contributed by atoms with E-state index in [0.29, 0.717) is 5.75 Å². The minimum Gasteiger partial charge on any atom is -0.457 e. The van der Waals surface area contributed by atoms with E-state index in [1.807, 2.05) is 61.5 Å². The molecule has 2 aromatic carbocycles. The number of carbonyl (C=O) groups excluding carboxylic acids is 1. The fourth-order valence-electron chi connectivity index (χ4n) is 2.57. The van der Waals surface area contributed by atoms with E-state index in [4.69, 9.17) is 4.74 Å². The molecular weight excluding hydrogens is 330 g/mol. The van der Waals surface area contributed by atoms with Gasteiger partial charge in [-0.2, -0.15) is 0 Å². The second-order valence-electron chi connectivity index (χ2n) is 5.77. The van der Waals surface area contributed by atoms with Crippen LogP contribution in [0.2, 0.25) is 0 Å². The molecule has 0 spiro atoms. The molecule has 0 aliphatic carbocycles. The quantitative estimate of drug-likeness (QED) is 0.743. The molecule has 0 saturated carbocycles. The fraction of sp³-hybridized carbons (Fsp3) is 0.150. The number of ether oxygens (including phenoxy) is 1. The van der Waals surface area contributed by atoms with Crippen LogP contribution in [0.5, 0.6) is 11.5 Å². The van der Waals surface area contributed by atoms with Gasteiger partial charge in [-0.1, -0.05) is 36.4 Å². The van der Waals surface area contributed by atoms with Crippen molar-refractivity contribution in [1.29, 1.82) is 0 Å². The summed E-state index contributed by atoms with van der Waals surface area (Å²) in [5, 5.41) is 2.89. The van der Waals surface area contributed by atoms with Gasteiger partial charge in [0.05, 0.1) is 6.04 Å². The summed E-state index contributed by atoms with van der Waals surface area (Å²) < 4.78 is 7.19. The van der Waals surface area contributed by atoms with Crippen molar-refractivity contribution in [2.45, 2.75) is 19.5 Å². The number of benzene rings is 2. The van der Waals surface area contributed by atoms with Crippen molar-refractivity contribution in [2.24, 2.45) is 0 Å². The predicted molar refractivity (Wildman–Crippen MR) is 98.0 cm³/mol. The monoisotopic (exact) mass is 349 g/mol. The maximum absolute atomic E-state index is 12.3. The number of amides is 1. The molecule has 1 aromatic heterocycles. The standard InChI is InChI=1S/C20H19N3O3/c1-15(22-19(24)14-23-13-7-12-21-20(23)25)17-10-5-6-11-18(17)26-16-8-3-2-4-9-16/h2-13,15H,14H2,1H3,(H,22,24)/t15-/m1/s1. The Morgan fingerprint density at radius 2 is 1.85 bits per heavy atom. The lowest BCUT2D eigenvalue weighted by Gasteiger charge is -2.18. The van der Waals surface area contributed by atoms with Crippen LogP contribution in [-0.4, -0.2) is 15.5 Å². The van der Waals surface area contributed by atoms with Gasteiger partial charge in [-0.3, -0.25) is 9.36 Å². The third-order valence-electron chi connectivity index (χ3n) is 3.83. The first kappa shape index (κ1) is 17.4. The second kappa shape index (κ2) is 8.11. The summed E-state index contributed by atoms with van der Waals surface area (Å²) in [6, 6.07) is 18.3. The Bertz CT molecular complexity index is 938. The van der Waals surface area contributed by atoms with Crippen LogP contribution >= 0.6 is 0 Å². The van der Waals surface area contributed by atoms with Gasteiger partial charge in [0, 0.05) is 18.0 Å². The molecule has 3 aromatic rings. The van der Waals surface area contributed by atoms with Gasteiger partial charge in [0.2, 0.25) is 5.91 Å². The van der Waals surface area contributed by atoms with Crippen LogP contribution in [0.4, 0.5) is 0 Å². The topological polar surface area (TPSA) is 73.2 Å². The highest BCUT2D eigenvalue weighted by molar-refractivity contribution is 5.76. The third kappa shape index (κ3) is 4.36. The van der Waals surface area contributed by atoms with E-state index in [0.717, 1.165) is 11.3 Å². The van der Waals surface area contributed by atoms with Crippen molar-refractivity contribution >= 4 is 5.91 Å². The van der Waals surface area contributed by atoms with Gasteiger partial charge in [0.15, 0.2) is 0 Å². The highest BCUT2D eigenvalue weighted by atomic mass is 16.5. The summed E-state index contributed by atoms with van der Waals surface area (Å²) in [4.78, 5) is 27.5. The van der Waals surface area contributed by atoms with E-state index in [-0.39, 0.29) is 18.5 Å². The SMILES string of the molecule is C[C@@H](NC(=O)Cn1cccnc1=O)c1ccccc1Oc1ccccc1. The van der Waals surface area contributed by atoms with Crippen molar-refractivity contribution in [1.82, 2.24) is 14.9 Å². The Hall–Kier alpha value is -3.41. The molecule has 26 heavy (non-hydrogen) atoms. The van der Waals surface area contributed by atoms with Crippen molar-refractivity contribution in [2.75, 3.05) is 0 Å². The smallest absolute Gasteiger partial charge is 0.347 e. The largest absolute Gasteiger partial charge is 0.457 e. The van der Waals surface area contributed by atoms with Crippen LogP contribution < -0.4 is 15.7 Å². The van der Waals surface area contributed by atoms with Crippen molar-refractivity contribution in [3.8, 4) is 11.5 Å². The zero-order valence-corrected chi connectivity index (χ0v) is 14.3. The molecule has 1 atom stereocenters. The fourth-order valence-corrected chi connectivity index (χ4v) is 2.57. The number of carbonyl (C=O) groups is 1. The van der Waals surface area contributed by atoms with E-state index in [1.165, 1.54) is 17.0 Å². The number of hydrogen-bond donors (Lipinski definition) is 1. The van der Waals surface area contributed by atoms with Gasteiger partial charge in [-0.25, -0.2) is 9.78 Å². The zero-order valence-electron chi connectivity index (χ0n) is 14.3. The van der Waals surface area contributed by atoms with Crippen LogP contribution in [-0.2, 0) is 11.3 Å². The maximum Gasteiger partial charge on any atom is 0.347 e. The number of rotatable bonds is 6. The summed E-state index contributed by atoms with van der Waals surface area (Å²) in [5.41, 5.74) is 0.395. The van der Waals surface area contributed by atoms with E-state index >= 15 is 0 Å². The van der Waals surface area contributed by atoms with Gasteiger partial charge >= 0.3 is 5.69 Å². The molecule has 132 valence electrons. The Morgan fingerprint density at radius 3 is 2.62 bits per heavy atom. The van der Waals surface area contributed by atoms with E-state index in [9.17, 15) is 9.59 Å². The first-order chi connectivity index (χ1) is 12.6. The molecule has 6 nitrogen and oxygen atoms in total. The third-order valence-corrected chi connectivity index (χ3v) is 3.83. The molecular formula is C20H19N3O3. The van der Waals surface area contributed by atoms with Gasteiger partial charge < -0.3 is 10.1 Å². The van der Waals surface area contributed by atoms with Gasteiger partial charge in [-0.05, 0) is 31.2 Å². The van der Waals surface area contributed by atoms with Crippen LogP contribution in [0.1, 0.15) is 18.5 Å². The van der Waals surface area contributed by atoms with E-state index in [1.54, 1.807) is 6.07 Å². The zero-order chi connectivity index (χ0) is 18.4. The average Bonchev–Trinajstić information content (AvgIpc) is 2.65. The highest BCUT2D eigenvalue weighted by Gasteiger charge is 2.15. The molecule has 6 heteroatoms. The lowest BCUT2D eigenvalue weighted by atomic mass is 10.1. The normalized spacial score (nSPS) is 11.6. The maximum atomic E-state index is 12.3. The lowest BCUT2D eigenvalue weighted by Crippen LogP contribution is -2.34. The Labute approximate surface area is 151 Å². The number of hydrogen-bond acceptors (Lipinski definition) is 4. The van der Waals surface area contributed by atoms with Crippen LogP contribution in [0, 0.1) is 0 Å². The highest BCUT2D eigenvalue weighted by Crippen LogP contribution is 2.29.